The second-order valence-electron chi connectivity index (χ2n) is 6.71. The number of fused-ring (bicyclic) bond motifs is 2. The fourth-order valence-electron chi connectivity index (χ4n) is 4.01. The van der Waals surface area contributed by atoms with E-state index in [2.05, 4.69) is 11.0 Å². The maximum Gasteiger partial charge on any atom is 0.244 e. The van der Waals surface area contributed by atoms with Crippen molar-refractivity contribution in [2.24, 2.45) is 0 Å². The van der Waals surface area contributed by atoms with E-state index in [4.69, 9.17) is 4.74 Å². The standard InChI is InChI=1S/C20H22N2O3S/c1-25-15-8-7-13(18(23)10-15)11-21-12-14-9-17(21)20(24)22(14)16-5-3-4-6-19(16)26-2/h3-8,10,14,17,23H,9,11-12H2,1-2H3/t14-,17-/m0/s1. The predicted octanol–water partition coefficient (Wildman–Crippen LogP) is 3.11. The first-order valence-corrected chi connectivity index (χ1v) is 9.91. The van der Waals surface area contributed by atoms with Crippen molar-refractivity contribution in [3.8, 4) is 11.5 Å². The zero-order valence-corrected chi connectivity index (χ0v) is 15.7. The number of hydrogen-bond acceptors (Lipinski definition) is 5. The molecular weight excluding hydrogens is 348 g/mol. The topological polar surface area (TPSA) is 53.0 Å². The van der Waals surface area contributed by atoms with Gasteiger partial charge in [0.2, 0.25) is 5.91 Å². The zero-order valence-electron chi connectivity index (χ0n) is 14.9. The van der Waals surface area contributed by atoms with Gasteiger partial charge >= 0.3 is 0 Å². The molecule has 0 aliphatic carbocycles. The van der Waals surface area contributed by atoms with Gasteiger partial charge in [0, 0.05) is 29.6 Å². The summed E-state index contributed by atoms with van der Waals surface area (Å²) in [6, 6.07) is 13.5. The molecule has 0 unspecified atom stereocenters. The summed E-state index contributed by atoms with van der Waals surface area (Å²) in [6.07, 6.45) is 2.88. The van der Waals surface area contributed by atoms with Gasteiger partial charge in [-0.15, -0.1) is 11.8 Å². The molecule has 5 nitrogen and oxygen atoms in total. The summed E-state index contributed by atoms with van der Waals surface area (Å²) in [4.78, 5) is 18.3. The minimum absolute atomic E-state index is 0.114. The number of thioether (sulfide) groups is 1. The largest absolute Gasteiger partial charge is 0.507 e. The molecule has 0 saturated carbocycles. The van der Waals surface area contributed by atoms with Gasteiger partial charge in [-0.1, -0.05) is 18.2 Å². The van der Waals surface area contributed by atoms with E-state index in [-0.39, 0.29) is 23.7 Å². The van der Waals surface area contributed by atoms with Crippen molar-refractivity contribution in [1.82, 2.24) is 4.90 Å². The quantitative estimate of drug-likeness (QED) is 0.820. The molecule has 0 radical (unpaired) electrons. The average Bonchev–Trinajstić information content (AvgIpc) is 3.20. The second-order valence-corrected chi connectivity index (χ2v) is 7.56. The molecule has 2 aliphatic heterocycles. The van der Waals surface area contributed by atoms with E-state index in [9.17, 15) is 9.90 Å². The molecule has 2 bridgehead atoms. The highest BCUT2D eigenvalue weighted by atomic mass is 32.2. The molecule has 0 spiro atoms. The van der Waals surface area contributed by atoms with Gasteiger partial charge in [0.15, 0.2) is 0 Å². The van der Waals surface area contributed by atoms with Crippen LogP contribution in [-0.4, -0.2) is 47.9 Å². The number of anilines is 1. The minimum atomic E-state index is -0.114. The van der Waals surface area contributed by atoms with Gasteiger partial charge in [-0.3, -0.25) is 9.69 Å². The Kier molecular flexibility index (Phi) is 4.54. The van der Waals surface area contributed by atoms with Crippen molar-refractivity contribution in [1.29, 1.82) is 0 Å². The SMILES string of the molecule is COc1ccc(CN2C[C@@H]3C[C@H]2C(=O)N3c2ccccc2SC)c(O)c1. The summed E-state index contributed by atoms with van der Waals surface area (Å²) < 4.78 is 5.13. The molecule has 2 aliphatic rings. The molecule has 26 heavy (non-hydrogen) atoms. The van der Waals surface area contributed by atoms with Crippen molar-refractivity contribution in [2.75, 3.05) is 24.8 Å². The number of amides is 1. The zero-order chi connectivity index (χ0) is 18.3. The molecule has 4 rings (SSSR count). The lowest BCUT2D eigenvalue weighted by Gasteiger charge is -2.34. The van der Waals surface area contributed by atoms with Gasteiger partial charge in [0.1, 0.15) is 11.5 Å². The monoisotopic (exact) mass is 370 g/mol. The van der Waals surface area contributed by atoms with Crippen LogP contribution in [0.1, 0.15) is 12.0 Å². The molecule has 2 heterocycles. The van der Waals surface area contributed by atoms with Crippen molar-refractivity contribution in [3.05, 3.63) is 48.0 Å². The fraction of sp³-hybridized carbons (Fsp3) is 0.350. The maximum absolute atomic E-state index is 13.0. The number of phenolic OH excluding ortho intramolecular Hbond substituents is 1. The first-order chi connectivity index (χ1) is 12.6. The Labute approximate surface area is 157 Å². The Morgan fingerprint density at radius 2 is 2.08 bits per heavy atom. The van der Waals surface area contributed by atoms with E-state index in [0.29, 0.717) is 12.3 Å². The number of rotatable bonds is 5. The Balaban J connectivity index is 1.53. The van der Waals surface area contributed by atoms with E-state index in [0.717, 1.165) is 29.1 Å². The van der Waals surface area contributed by atoms with Crippen LogP contribution in [0.2, 0.25) is 0 Å². The molecule has 2 aromatic rings. The molecule has 0 aromatic heterocycles. The number of carbonyl (C=O) groups is 1. The summed E-state index contributed by atoms with van der Waals surface area (Å²) >= 11 is 1.67. The molecule has 1 amide bonds. The van der Waals surface area contributed by atoms with Crippen LogP contribution in [0.5, 0.6) is 11.5 Å². The highest BCUT2D eigenvalue weighted by Gasteiger charge is 2.50. The first kappa shape index (κ1) is 17.2. The first-order valence-electron chi connectivity index (χ1n) is 8.68. The number of benzene rings is 2. The predicted molar refractivity (Wildman–Crippen MR) is 103 cm³/mol. The number of nitrogens with zero attached hydrogens (tertiary/aromatic N) is 2. The van der Waals surface area contributed by atoms with Gasteiger partial charge in [0.05, 0.1) is 24.9 Å². The highest BCUT2D eigenvalue weighted by Crippen LogP contribution is 2.40. The van der Waals surface area contributed by atoms with Crippen LogP contribution in [0.3, 0.4) is 0 Å². The third-order valence-corrected chi connectivity index (χ3v) is 6.06. The average molecular weight is 370 g/mol. The number of methoxy groups -OCH3 is 1. The molecule has 1 N–H and O–H groups in total. The molecule has 136 valence electrons. The second kappa shape index (κ2) is 6.85. The number of para-hydroxylation sites is 1. The molecule has 6 heteroatoms. The summed E-state index contributed by atoms with van der Waals surface area (Å²) in [7, 11) is 1.58. The number of aromatic hydroxyl groups is 1. The van der Waals surface area contributed by atoms with E-state index >= 15 is 0 Å². The van der Waals surface area contributed by atoms with Gasteiger partial charge in [0.25, 0.3) is 0 Å². The molecule has 2 aromatic carbocycles. The normalized spacial score (nSPS) is 22.2. The highest BCUT2D eigenvalue weighted by molar-refractivity contribution is 7.98. The Morgan fingerprint density at radius 1 is 1.27 bits per heavy atom. The minimum Gasteiger partial charge on any atom is -0.507 e. The van der Waals surface area contributed by atoms with E-state index in [1.807, 2.05) is 41.5 Å². The smallest absolute Gasteiger partial charge is 0.244 e. The lowest BCUT2D eigenvalue weighted by atomic mass is 10.1. The third-order valence-electron chi connectivity index (χ3n) is 5.28. The molecular formula is C20H22N2O3S. The number of hydrogen-bond donors (Lipinski definition) is 1. The molecule has 2 saturated heterocycles. The Morgan fingerprint density at radius 3 is 2.77 bits per heavy atom. The van der Waals surface area contributed by atoms with E-state index in [1.54, 1.807) is 24.9 Å². The van der Waals surface area contributed by atoms with Gasteiger partial charge in [-0.05, 0) is 30.9 Å². The molecule has 2 fully saturated rings. The van der Waals surface area contributed by atoms with Gasteiger partial charge in [-0.25, -0.2) is 0 Å². The fourth-order valence-corrected chi connectivity index (χ4v) is 4.60. The summed E-state index contributed by atoms with van der Waals surface area (Å²) in [5.41, 5.74) is 1.84. The van der Waals surface area contributed by atoms with Crippen molar-refractivity contribution < 1.29 is 14.6 Å². The number of phenols is 1. The summed E-state index contributed by atoms with van der Waals surface area (Å²) in [6.45, 7) is 1.39. The summed E-state index contributed by atoms with van der Waals surface area (Å²) in [5, 5.41) is 10.2. The van der Waals surface area contributed by atoms with Crippen molar-refractivity contribution in [2.45, 2.75) is 29.9 Å². The summed E-state index contributed by atoms with van der Waals surface area (Å²) in [5.74, 6) is 1.00. The third kappa shape index (κ3) is 2.83. The van der Waals surface area contributed by atoms with Crippen LogP contribution in [0, 0.1) is 0 Å². The van der Waals surface area contributed by atoms with Crippen molar-refractivity contribution in [3.63, 3.8) is 0 Å². The van der Waals surface area contributed by atoms with Crippen LogP contribution < -0.4 is 9.64 Å². The van der Waals surface area contributed by atoms with Gasteiger partial charge < -0.3 is 14.7 Å². The molecule has 2 atom stereocenters. The number of piperazine rings is 1. The van der Waals surface area contributed by atoms with Crippen LogP contribution in [0.25, 0.3) is 0 Å². The van der Waals surface area contributed by atoms with Gasteiger partial charge in [-0.2, -0.15) is 0 Å². The van der Waals surface area contributed by atoms with Crippen LogP contribution >= 0.6 is 11.8 Å². The number of carbonyl (C=O) groups excluding carboxylic acids is 1. The van der Waals surface area contributed by atoms with Crippen molar-refractivity contribution >= 4 is 23.4 Å². The number of likely N-dealkylation sites (tertiary alicyclic amines) is 1. The van der Waals surface area contributed by atoms with Crippen LogP contribution in [0.15, 0.2) is 47.4 Å². The Bertz CT molecular complexity index is 842. The van der Waals surface area contributed by atoms with E-state index in [1.165, 1.54) is 0 Å². The lowest BCUT2D eigenvalue weighted by molar-refractivity contribution is -0.122. The van der Waals surface area contributed by atoms with E-state index < -0.39 is 0 Å². The Hall–Kier alpha value is -2.18. The lowest BCUT2D eigenvalue weighted by Crippen LogP contribution is -2.50. The maximum atomic E-state index is 13.0. The number of ether oxygens (including phenoxy) is 1. The van der Waals surface area contributed by atoms with Crippen LogP contribution in [0.4, 0.5) is 5.69 Å². The van der Waals surface area contributed by atoms with Crippen LogP contribution in [-0.2, 0) is 11.3 Å².